The first-order chi connectivity index (χ1) is 15.6. The number of rotatable bonds is 9. The lowest BCUT2D eigenvalue weighted by Crippen LogP contribution is -2.17. The minimum atomic E-state index is 0.441. The van der Waals surface area contributed by atoms with Gasteiger partial charge in [-0.25, -0.2) is 4.98 Å². The summed E-state index contributed by atoms with van der Waals surface area (Å²) in [5, 5.41) is 9.75. The lowest BCUT2D eigenvalue weighted by Gasteiger charge is -2.05. The quantitative estimate of drug-likeness (QED) is 0.347. The average Bonchev–Trinajstić information content (AvgIpc) is 3.59. The average molecular weight is 446 g/mol. The van der Waals surface area contributed by atoms with E-state index in [1.807, 2.05) is 34.0 Å². The summed E-state index contributed by atoms with van der Waals surface area (Å²) in [6.45, 7) is 6.16. The zero-order valence-electron chi connectivity index (χ0n) is 19.9. The lowest BCUT2D eigenvalue weighted by molar-refractivity contribution is -0.109. The normalized spacial score (nSPS) is 11.4. The predicted molar refractivity (Wildman–Crippen MR) is 125 cm³/mol. The first-order valence-electron chi connectivity index (χ1n) is 10.7. The van der Waals surface area contributed by atoms with Crippen LogP contribution < -0.4 is 20.1 Å². The molecule has 9 heteroatoms. The third-order valence-corrected chi connectivity index (χ3v) is 4.23. The summed E-state index contributed by atoms with van der Waals surface area (Å²) >= 11 is 0. The van der Waals surface area contributed by atoms with Crippen LogP contribution >= 0.6 is 0 Å². The lowest BCUT2D eigenvalue weighted by atomic mass is 10.2. The van der Waals surface area contributed by atoms with E-state index >= 15 is 0 Å². The molecule has 0 aliphatic heterocycles. The van der Waals surface area contributed by atoms with E-state index < -0.39 is 0 Å². The topological polar surface area (TPSA) is 99.5 Å². The van der Waals surface area contributed by atoms with E-state index in [4.69, 9.17) is 14.2 Å². The van der Waals surface area contributed by atoms with Crippen molar-refractivity contribution < 1.29 is 19.0 Å². The van der Waals surface area contributed by atoms with Gasteiger partial charge in [0.05, 0.1) is 20.8 Å². The van der Waals surface area contributed by atoms with Gasteiger partial charge in [0.1, 0.15) is 11.5 Å². The van der Waals surface area contributed by atoms with Crippen molar-refractivity contribution in [1.82, 2.24) is 20.1 Å². The van der Waals surface area contributed by atoms with Crippen LogP contribution in [0.3, 0.4) is 0 Å². The number of carbonyl (C=O) groups is 1. The van der Waals surface area contributed by atoms with E-state index in [2.05, 4.69) is 32.6 Å². The second kappa shape index (κ2) is 15.5. The largest absolute Gasteiger partial charge is 0.491 e. The highest BCUT2D eigenvalue weighted by atomic mass is 16.5. The summed E-state index contributed by atoms with van der Waals surface area (Å²) in [5.74, 6) is 8.67. The Morgan fingerprint density at radius 2 is 1.97 bits per heavy atom. The van der Waals surface area contributed by atoms with Gasteiger partial charge in [0.15, 0.2) is 5.75 Å². The van der Waals surface area contributed by atoms with Crippen molar-refractivity contribution >= 4 is 12.2 Å². The number of nitrogens with one attached hydrogen (secondary N) is 2. The minimum Gasteiger partial charge on any atom is -0.491 e. The Kier molecular flexibility index (Phi) is 13.0. The van der Waals surface area contributed by atoms with Crippen molar-refractivity contribution in [3.8, 4) is 23.5 Å². The van der Waals surface area contributed by atoms with E-state index in [0.717, 1.165) is 29.6 Å². The highest BCUT2D eigenvalue weighted by Crippen LogP contribution is 2.28. The van der Waals surface area contributed by atoms with Crippen LogP contribution in [-0.4, -0.2) is 62.2 Å². The number of hydrogen-bond acceptors (Lipinski definition) is 7. The van der Waals surface area contributed by atoms with Gasteiger partial charge in [-0.3, -0.25) is 9.48 Å². The van der Waals surface area contributed by atoms with Crippen molar-refractivity contribution in [2.24, 2.45) is 13.0 Å². The van der Waals surface area contributed by atoms with Crippen molar-refractivity contribution in [2.45, 2.75) is 26.7 Å². The maximum atomic E-state index is 9.75. The first kappa shape index (κ1) is 26.8. The summed E-state index contributed by atoms with van der Waals surface area (Å²) in [5.41, 5.74) is 1.55. The maximum Gasteiger partial charge on any atom is 0.256 e. The minimum absolute atomic E-state index is 0.441. The van der Waals surface area contributed by atoms with Crippen LogP contribution in [0, 0.1) is 17.8 Å². The zero-order chi connectivity index (χ0) is 23.8. The van der Waals surface area contributed by atoms with Gasteiger partial charge in [0.25, 0.3) is 5.88 Å². The van der Waals surface area contributed by atoms with Gasteiger partial charge in [0.2, 0.25) is 6.41 Å². The van der Waals surface area contributed by atoms with Crippen LogP contribution in [0.25, 0.3) is 0 Å². The van der Waals surface area contributed by atoms with Crippen molar-refractivity contribution in [3.63, 3.8) is 0 Å². The first-order valence-corrected chi connectivity index (χ1v) is 10.7. The Morgan fingerprint density at radius 3 is 2.53 bits per heavy atom. The maximum absolute atomic E-state index is 9.75. The van der Waals surface area contributed by atoms with E-state index in [1.54, 1.807) is 31.2 Å². The van der Waals surface area contributed by atoms with Crippen LogP contribution in [0.1, 0.15) is 37.9 Å². The van der Waals surface area contributed by atoms with Gasteiger partial charge >= 0.3 is 0 Å². The fraction of sp³-hybridized carbons (Fsp3) is 0.522. The number of nitrogens with zero attached hydrogens (tertiary/aromatic N) is 3. The third kappa shape index (κ3) is 9.71. The molecule has 9 nitrogen and oxygen atoms in total. The monoisotopic (exact) mass is 445 g/mol. The molecule has 2 aromatic rings. The van der Waals surface area contributed by atoms with E-state index in [0.29, 0.717) is 31.2 Å². The molecule has 1 aliphatic carbocycles. The number of pyridine rings is 1. The standard InChI is InChI=1S/C14H16N4O2.C7H13NO2.C2H6/c1-15-13-8-11(18(2)17-13)6-5-10-7-12(19-3)14(20-4)16-9-10;9-6-8-3-4-10-5-7-1-2-7;1-2/h7-9H,1-4H3,(H,15,17);6-7H,1-5H2,(H,8,9);1-2H3. The van der Waals surface area contributed by atoms with Crippen molar-refractivity contribution in [3.05, 3.63) is 29.6 Å². The van der Waals surface area contributed by atoms with Crippen molar-refractivity contribution in [1.29, 1.82) is 0 Å². The summed E-state index contributed by atoms with van der Waals surface area (Å²) in [6.07, 6.45) is 4.98. The number of amides is 1. The van der Waals surface area contributed by atoms with Gasteiger partial charge in [-0.05, 0) is 24.7 Å². The smallest absolute Gasteiger partial charge is 0.256 e. The van der Waals surface area contributed by atoms with Gasteiger partial charge in [0, 0.05) is 51.1 Å². The van der Waals surface area contributed by atoms with E-state index in [9.17, 15) is 4.79 Å². The summed E-state index contributed by atoms with van der Waals surface area (Å²) in [7, 11) is 6.78. The molecule has 0 unspecified atom stereocenters. The van der Waals surface area contributed by atoms with Gasteiger partial charge < -0.3 is 24.8 Å². The SMILES string of the molecule is CC.CNc1cc(C#Cc2cnc(OC)c(OC)c2)n(C)n1.O=CNCCOCC1CC1. The van der Waals surface area contributed by atoms with Crippen LogP contribution in [-0.2, 0) is 16.6 Å². The number of carbonyl (C=O) groups excluding carboxylic acids is 1. The second-order valence-electron chi connectivity index (χ2n) is 6.56. The number of methoxy groups -OCH3 is 2. The number of hydrogen-bond donors (Lipinski definition) is 2. The number of aromatic nitrogens is 3. The summed E-state index contributed by atoms with van der Waals surface area (Å²) < 4.78 is 17.2. The molecular formula is C23H35N5O4. The molecule has 1 fully saturated rings. The van der Waals surface area contributed by atoms with Crippen LogP contribution in [0.5, 0.6) is 11.6 Å². The fourth-order valence-electron chi connectivity index (χ4n) is 2.37. The molecule has 0 atom stereocenters. The molecule has 2 aromatic heterocycles. The van der Waals surface area contributed by atoms with Crippen LogP contribution in [0.2, 0.25) is 0 Å². The Balaban J connectivity index is 0.000000358. The fourth-order valence-corrected chi connectivity index (χ4v) is 2.37. The van der Waals surface area contributed by atoms with Gasteiger partial charge in [-0.15, -0.1) is 0 Å². The van der Waals surface area contributed by atoms with E-state index in [1.165, 1.54) is 12.8 Å². The molecule has 0 bridgehead atoms. The summed E-state index contributed by atoms with van der Waals surface area (Å²) in [6, 6.07) is 3.66. The second-order valence-corrected chi connectivity index (χ2v) is 6.56. The molecule has 0 saturated heterocycles. The molecule has 0 aromatic carbocycles. The predicted octanol–water partition coefficient (Wildman–Crippen LogP) is 2.46. The molecule has 1 saturated carbocycles. The Labute approximate surface area is 190 Å². The van der Waals surface area contributed by atoms with Crippen molar-refractivity contribution in [2.75, 3.05) is 46.3 Å². The molecule has 2 heterocycles. The summed E-state index contributed by atoms with van der Waals surface area (Å²) in [4.78, 5) is 13.9. The highest BCUT2D eigenvalue weighted by molar-refractivity contribution is 5.48. The molecule has 1 aliphatic rings. The highest BCUT2D eigenvalue weighted by Gasteiger charge is 2.20. The molecule has 176 valence electrons. The number of ether oxygens (including phenoxy) is 3. The molecule has 1 amide bonds. The van der Waals surface area contributed by atoms with Gasteiger partial charge in [-0.1, -0.05) is 19.8 Å². The third-order valence-electron chi connectivity index (χ3n) is 4.23. The Hall–Kier alpha value is -3.25. The molecular weight excluding hydrogens is 410 g/mol. The Morgan fingerprint density at radius 1 is 1.22 bits per heavy atom. The molecule has 2 N–H and O–H groups in total. The molecule has 3 rings (SSSR count). The van der Waals surface area contributed by atoms with Crippen LogP contribution in [0.15, 0.2) is 18.3 Å². The number of anilines is 1. The van der Waals surface area contributed by atoms with Crippen LogP contribution in [0.4, 0.5) is 5.82 Å². The molecule has 32 heavy (non-hydrogen) atoms. The van der Waals surface area contributed by atoms with Gasteiger partial charge in [-0.2, -0.15) is 5.10 Å². The number of aryl methyl sites for hydroxylation is 1. The Bertz CT molecular complexity index is 869. The molecule has 0 radical (unpaired) electrons. The molecule has 0 spiro atoms. The zero-order valence-corrected chi connectivity index (χ0v) is 19.9. The van der Waals surface area contributed by atoms with E-state index in [-0.39, 0.29) is 0 Å².